The van der Waals surface area contributed by atoms with Crippen molar-refractivity contribution in [1.82, 2.24) is 5.32 Å². The molecule has 1 aromatic carbocycles. The summed E-state index contributed by atoms with van der Waals surface area (Å²) in [6.45, 7) is 4.49. The third-order valence-electron chi connectivity index (χ3n) is 3.47. The highest BCUT2D eigenvalue weighted by Gasteiger charge is 2.34. The Morgan fingerprint density at radius 1 is 1.30 bits per heavy atom. The van der Waals surface area contributed by atoms with Crippen molar-refractivity contribution in [3.05, 3.63) is 29.8 Å². The Morgan fingerprint density at radius 2 is 2.04 bits per heavy atom. The van der Waals surface area contributed by atoms with Crippen molar-refractivity contribution in [3.8, 4) is 5.75 Å². The van der Waals surface area contributed by atoms with Crippen LogP contribution in [0.15, 0.2) is 24.3 Å². The van der Waals surface area contributed by atoms with Crippen LogP contribution in [0.2, 0.25) is 0 Å². The van der Waals surface area contributed by atoms with E-state index >= 15 is 0 Å². The summed E-state index contributed by atoms with van der Waals surface area (Å²) in [5.41, 5.74) is -0.904. The Balaban J connectivity index is 2.74. The van der Waals surface area contributed by atoms with Gasteiger partial charge in [0.05, 0.1) is 6.61 Å². The van der Waals surface area contributed by atoms with Gasteiger partial charge in [-0.05, 0) is 31.5 Å². The Bertz CT molecular complexity index is 531. The van der Waals surface area contributed by atoms with Crippen molar-refractivity contribution in [1.29, 1.82) is 0 Å². The van der Waals surface area contributed by atoms with Crippen LogP contribution in [0.1, 0.15) is 43.5 Å². The third-order valence-corrected chi connectivity index (χ3v) is 3.47. The highest BCUT2D eigenvalue weighted by atomic mass is 16.5. The molecule has 6 heteroatoms. The van der Waals surface area contributed by atoms with E-state index in [1.807, 2.05) is 6.92 Å². The largest absolute Gasteiger partial charge is 0.493 e. The first-order valence-corrected chi connectivity index (χ1v) is 7.70. The number of carboxylic acids is 1. The first kappa shape index (κ1) is 19.0. The van der Waals surface area contributed by atoms with Gasteiger partial charge in [0.1, 0.15) is 11.3 Å². The predicted octanol–water partition coefficient (Wildman–Crippen LogP) is 2.48. The van der Waals surface area contributed by atoms with Crippen molar-refractivity contribution in [2.24, 2.45) is 0 Å². The average molecular weight is 323 g/mol. The molecule has 1 rings (SSSR count). The second-order valence-electron chi connectivity index (χ2n) is 5.56. The van der Waals surface area contributed by atoms with Crippen molar-refractivity contribution >= 4 is 11.9 Å². The zero-order chi connectivity index (χ0) is 17.3. The smallest absolute Gasteiger partial charge is 0.329 e. The molecule has 0 fully saturated rings. The Morgan fingerprint density at radius 3 is 2.65 bits per heavy atom. The van der Waals surface area contributed by atoms with Gasteiger partial charge < -0.3 is 19.9 Å². The lowest BCUT2D eigenvalue weighted by Gasteiger charge is -2.25. The van der Waals surface area contributed by atoms with Gasteiger partial charge in [0.2, 0.25) is 0 Å². The minimum atomic E-state index is -1.28. The van der Waals surface area contributed by atoms with Crippen LogP contribution in [-0.2, 0) is 9.53 Å². The van der Waals surface area contributed by atoms with Gasteiger partial charge in [0.15, 0.2) is 0 Å². The molecule has 0 heterocycles. The van der Waals surface area contributed by atoms with Gasteiger partial charge in [-0.3, -0.25) is 4.79 Å². The molecule has 6 nitrogen and oxygen atoms in total. The van der Waals surface area contributed by atoms with Gasteiger partial charge in [-0.2, -0.15) is 0 Å². The average Bonchev–Trinajstić information content (AvgIpc) is 2.52. The van der Waals surface area contributed by atoms with Gasteiger partial charge in [-0.1, -0.05) is 19.4 Å². The number of rotatable bonds is 10. The van der Waals surface area contributed by atoms with Gasteiger partial charge in [-0.15, -0.1) is 0 Å². The zero-order valence-corrected chi connectivity index (χ0v) is 13.9. The molecule has 0 aliphatic heterocycles. The molecule has 0 saturated heterocycles. The minimum Gasteiger partial charge on any atom is -0.493 e. The summed E-state index contributed by atoms with van der Waals surface area (Å²) in [5.74, 6) is -0.897. The molecular formula is C17H25NO5. The van der Waals surface area contributed by atoms with Gasteiger partial charge in [0, 0.05) is 25.7 Å². The lowest BCUT2D eigenvalue weighted by Crippen LogP contribution is -2.52. The van der Waals surface area contributed by atoms with Crippen LogP contribution >= 0.6 is 0 Å². The maximum atomic E-state index is 12.3. The summed E-state index contributed by atoms with van der Waals surface area (Å²) in [4.78, 5) is 23.7. The van der Waals surface area contributed by atoms with Crippen LogP contribution in [0.25, 0.3) is 0 Å². The molecule has 0 saturated carbocycles. The Kier molecular flexibility index (Phi) is 7.54. The van der Waals surface area contributed by atoms with Crippen molar-refractivity contribution < 1.29 is 24.2 Å². The van der Waals surface area contributed by atoms with E-state index < -0.39 is 17.4 Å². The fourth-order valence-electron chi connectivity index (χ4n) is 2.17. The SMILES string of the molecule is CCCC(C)(NC(=O)c1cccc(OCCCOC)c1)C(=O)O. The molecule has 0 aromatic heterocycles. The topological polar surface area (TPSA) is 84.9 Å². The van der Waals surface area contributed by atoms with E-state index in [0.717, 1.165) is 6.42 Å². The highest BCUT2D eigenvalue weighted by Crippen LogP contribution is 2.17. The maximum absolute atomic E-state index is 12.3. The quantitative estimate of drug-likeness (QED) is 0.646. The Labute approximate surface area is 136 Å². The molecule has 1 amide bonds. The van der Waals surface area contributed by atoms with Crippen molar-refractivity contribution in [3.63, 3.8) is 0 Å². The molecule has 0 bridgehead atoms. The molecule has 0 spiro atoms. The Hall–Kier alpha value is -2.08. The zero-order valence-electron chi connectivity index (χ0n) is 13.9. The number of benzene rings is 1. The van der Waals surface area contributed by atoms with Crippen LogP contribution in [0.3, 0.4) is 0 Å². The summed E-state index contributed by atoms with van der Waals surface area (Å²) in [6, 6.07) is 6.70. The number of ether oxygens (including phenoxy) is 2. The van der Waals surface area contributed by atoms with E-state index in [2.05, 4.69) is 5.32 Å². The van der Waals surface area contributed by atoms with E-state index in [4.69, 9.17) is 9.47 Å². The normalized spacial score (nSPS) is 13.2. The van der Waals surface area contributed by atoms with Gasteiger partial charge in [-0.25, -0.2) is 4.79 Å². The molecule has 23 heavy (non-hydrogen) atoms. The number of amides is 1. The maximum Gasteiger partial charge on any atom is 0.329 e. The lowest BCUT2D eigenvalue weighted by atomic mass is 9.95. The molecule has 1 unspecified atom stereocenters. The highest BCUT2D eigenvalue weighted by molar-refractivity contribution is 5.98. The molecule has 0 radical (unpaired) electrons. The number of carbonyl (C=O) groups excluding carboxylic acids is 1. The second kappa shape index (κ2) is 9.15. The standard InChI is InChI=1S/C17H25NO5/c1-4-9-17(2,16(20)21)18-15(19)13-7-5-8-14(12-13)23-11-6-10-22-3/h5,7-8,12H,4,6,9-11H2,1-3H3,(H,18,19)(H,20,21). The molecule has 0 aliphatic rings. The van der Waals surface area contributed by atoms with Crippen LogP contribution in [-0.4, -0.2) is 42.8 Å². The summed E-state index contributed by atoms with van der Waals surface area (Å²) in [5, 5.41) is 11.9. The van der Waals surface area contributed by atoms with Crippen molar-refractivity contribution in [2.45, 2.75) is 38.6 Å². The van der Waals surface area contributed by atoms with Crippen molar-refractivity contribution in [2.75, 3.05) is 20.3 Å². The van der Waals surface area contributed by atoms with Crippen LogP contribution < -0.4 is 10.1 Å². The number of hydrogen-bond acceptors (Lipinski definition) is 4. The fraction of sp³-hybridized carbons (Fsp3) is 0.529. The van der Waals surface area contributed by atoms with E-state index in [0.29, 0.717) is 37.4 Å². The van der Waals surface area contributed by atoms with E-state index in [1.54, 1.807) is 31.4 Å². The van der Waals surface area contributed by atoms with Gasteiger partial charge >= 0.3 is 5.97 Å². The number of hydrogen-bond donors (Lipinski definition) is 2. The third kappa shape index (κ3) is 5.90. The van der Waals surface area contributed by atoms with E-state index in [9.17, 15) is 14.7 Å². The molecule has 128 valence electrons. The summed E-state index contributed by atoms with van der Waals surface area (Å²) >= 11 is 0. The molecule has 1 aromatic rings. The number of aliphatic carboxylic acids is 1. The minimum absolute atomic E-state index is 0.362. The van der Waals surface area contributed by atoms with Crippen LogP contribution in [0.4, 0.5) is 0 Å². The monoisotopic (exact) mass is 323 g/mol. The molecule has 2 N–H and O–H groups in total. The first-order chi connectivity index (χ1) is 10.9. The predicted molar refractivity (Wildman–Crippen MR) is 86.8 cm³/mol. The van der Waals surface area contributed by atoms with Crippen LogP contribution in [0, 0.1) is 0 Å². The molecular weight excluding hydrogens is 298 g/mol. The summed E-state index contributed by atoms with van der Waals surface area (Å²) in [7, 11) is 1.63. The summed E-state index contributed by atoms with van der Waals surface area (Å²) in [6.07, 6.45) is 1.77. The molecule has 1 atom stereocenters. The lowest BCUT2D eigenvalue weighted by molar-refractivity contribution is -0.144. The fourth-order valence-corrected chi connectivity index (χ4v) is 2.17. The number of carbonyl (C=O) groups is 2. The van der Waals surface area contributed by atoms with Gasteiger partial charge in [0.25, 0.3) is 5.91 Å². The first-order valence-electron chi connectivity index (χ1n) is 7.70. The number of nitrogens with one attached hydrogen (secondary N) is 1. The number of methoxy groups -OCH3 is 1. The second-order valence-corrected chi connectivity index (χ2v) is 5.56. The van der Waals surface area contributed by atoms with E-state index in [-0.39, 0.29) is 0 Å². The van der Waals surface area contributed by atoms with Crippen LogP contribution in [0.5, 0.6) is 5.75 Å². The summed E-state index contributed by atoms with van der Waals surface area (Å²) < 4.78 is 10.5. The number of carboxylic acid groups (broad SMARTS) is 1. The van der Waals surface area contributed by atoms with E-state index in [1.165, 1.54) is 6.92 Å². The molecule has 0 aliphatic carbocycles.